The summed E-state index contributed by atoms with van der Waals surface area (Å²) in [4.78, 5) is 18.2. The van der Waals surface area contributed by atoms with Gasteiger partial charge in [-0.2, -0.15) is 0 Å². The number of nitrogens with one attached hydrogen (secondary N) is 2. The van der Waals surface area contributed by atoms with Gasteiger partial charge in [0, 0.05) is 41.5 Å². The molecule has 6 heteroatoms. The molecule has 0 saturated heterocycles. The van der Waals surface area contributed by atoms with Crippen LogP contribution in [0.5, 0.6) is 5.75 Å². The zero-order chi connectivity index (χ0) is 13.8. The zero-order valence-electron chi connectivity index (χ0n) is 11.2. The van der Waals surface area contributed by atoms with Gasteiger partial charge in [0.15, 0.2) is 0 Å². The molecule has 0 amide bonds. The van der Waals surface area contributed by atoms with Gasteiger partial charge < -0.3 is 15.0 Å². The van der Waals surface area contributed by atoms with Gasteiger partial charge in [-0.05, 0) is 13.8 Å². The van der Waals surface area contributed by atoms with Crippen molar-refractivity contribution in [1.29, 1.82) is 0 Å². The SMILES string of the molecule is COc1c(C)cnc(CNCc2csc(=O)[nH]2)c1C. The van der Waals surface area contributed by atoms with E-state index in [1.807, 2.05) is 25.4 Å². The van der Waals surface area contributed by atoms with Crippen molar-refractivity contribution in [3.05, 3.63) is 43.8 Å². The van der Waals surface area contributed by atoms with Gasteiger partial charge in [-0.1, -0.05) is 11.3 Å². The van der Waals surface area contributed by atoms with Crippen LogP contribution in [0.1, 0.15) is 22.5 Å². The van der Waals surface area contributed by atoms with Crippen LogP contribution < -0.4 is 14.9 Å². The van der Waals surface area contributed by atoms with E-state index in [-0.39, 0.29) is 4.87 Å². The summed E-state index contributed by atoms with van der Waals surface area (Å²) in [6, 6.07) is 0. The van der Waals surface area contributed by atoms with Crippen LogP contribution in [0.2, 0.25) is 0 Å². The number of methoxy groups -OCH3 is 1. The lowest BCUT2D eigenvalue weighted by molar-refractivity contribution is 0.406. The van der Waals surface area contributed by atoms with E-state index in [9.17, 15) is 4.79 Å². The Morgan fingerprint density at radius 1 is 1.42 bits per heavy atom. The highest BCUT2D eigenvalue weighted by molar-refractivity contribution is 7.07. The molecular weight excluding hydrogens is 262 g/mol. The minimum atomic E-state index is -0.0249. The molecule has 2 aromatic rings. The molecule has 102 valence electrons. The lowest BCUT2D eigenvalue weighted by Crippen LogP contribution is -2.16. The molecule has 0 bridgehead atoms. The summed E-state index contributed by atoms with van der Waals surface area (Å²) in [6.45, 7) is 5.24. The maximum absolute atomic E-state index is 11.0. The molecule has 2 aromatic heterocycles. The number of pyridine rings is 1. The van der Waals surface area contributed by atoms with Gasteiger partial charge in [0.1, 0.15) is 5.75 Å². The molecule has 0 atom stereocenters. The molecule has 0 aliphatic carbocycles. The van der Waals surface area contributed by atoms with Crippen LogP contribution in [0.15, 0.2) is 16.4 Å². The number of aromatic amines is 1. The standard InChI is InChI=1S/C13H17N3O2S/c1-8-4-15-11(9(2)12(8)18-3)6-14-5-10-7-19-13(17)16-10/h4,7,14H,5-6H2,1-3H3,(H,16,17). The van der Waals surface area contributed by atoms with Crippen LogP contribution in [0, 0.1) is 13.8 Å². The summed E-state index contributed by atoms with van der Waals surface area (Å²) in [5.74, 6) is 0.885. The van der Waals surface area contributed by atoms with Crippen LogP contribution in [0.25, 0.3) is 0 Å². The molecule has 0 fully saturated rings. The Bertz CT molecular complexity index is 619. The Kier molecular flexibility index (Phi) is 4.34. The van der Waals surface area contributed by atoms with E-state index in [2.05, 4.69) is 15.3 Å². The number of hydrogen-bond donors (Lipinski definition) is 2. The van der Waals surface area contributed by atoms with Gasteiger partial charge in [-0.25, -0.2) is 0 Å². The number of hydrogen-bond acceptors (Lipinski definition) is 5. The second kappa shape index (κ2) is 5.99. The molecule has 2 rings (SSSR count). The van der Waals surface area contributed by atoms with Gasteiger partial charge in [0.05, 0.1) is 12.8 Å². The lowest BCUT2D eigenvalue weighted by Gasteiger charge is -2.12. The first-order chi connectivity index (χ1) is 9.11. The first kappa shape index (κ1) is 13.8. The van der Waals surface area contributed by atoms with Crippen LogP contribution in [-0.2, 0) is 13.1 Å². The lowest BCUT2D eigenvalue weighted by atomic mass is 10.1. The number of H-pyrrole nitrogens is 1. The van der Waals surface area contributed by atoms with Gasteiger partial charge >= 0.3 is 4.87 Å². The van der Waals surface area contributed by atoms with Gasteiger partial charge in [-0.15, -0.1) is 0 Å². The molecule has 0 aliphatic heterocycles. The molecule has 0 saturated carbocycles. The summed E-state index contributed by atoms with van der Waals surface area (Å²) in [6.07, 6.45) is 1.81. The molecule has 2 N–H and O–H groups in total. The van der Waals surface area contributed by atoms with Crippen LogP contribution in [0.4, 0.5) is 0 Å². The summed E-state index contributed by atoms with van der Waals surface area (Å²) < 4.78 is 5.37. The smallest absolute Gasteiger partial charge is 0.304 e. The number of thiazole rings is 1. The van der Waals surface area contributed by atoms with E-state index in [1.165, 1.54) is 11.3 Å². The maximum atomic E-state index is 11.0. The Balaban J connectivity index is 2.02. The van der Waals surface area contributed by atoms with Crippen molar-refractivity contribution in [2.24, 2.45) is 0 Å². The molecule has 0 unspecified atom stereocenters. The predicted octanol–water partition coefficient (Wildman–Crippen LogP) is 1.75. The zero-order valence-corrected chi connectivity index (χ0v) is 12.1. The summed E-state index contributed by atoms with van der Waals surface area (Å²) in [5, 5.41) is 5.09. The van der Waals surface area contributed by atoms with E-state index in [0.717, 1.165) is 28.3 Å². The van der Waals surface area contributed by atoms with Crippen molar-refractivity contribution < 1.29 is 4.74 Å². The van der Waals surface area contributed by atoms with E-state index in [0.29, 0.717) is 13.1 Å². The Morgan fingerprint density at radius 2 is 2.21 bits per heavy atom. The van der Waals surface area contributed by atoms with Crippen molar-refractivity contribution in [1.82, 2.24) is 15.3 Å². The summed E-state index contributed by atoms with van der Waals surface area (Å²) in [5.41, 5.74) is 3.94. The predicted molar refractivity (Wildman–Crippen MR) is 75.7 cm³/mol. The highest BCUT2D eigenvalue weighted by atomic mass is 32.1. The third-order valence-corrected chi connectivity index (χ3v) is 3.65. The Morgan fingerprint density at radius 3 is 2.84 bits per heavy atom. The fraction of sp³-hybridized carbons (Fsp3) is 0.385. The number of aryl methyl sites for hydroxylation is 1. The molecular formula is C13H17N3O2S. The molecule has 2 heterocycles. The van der Waals surface area contributed by atoms with E-state index < -0.39 is 0 Å². The third-order valence-electron chi connectivity index (χ3n) is 2.93. The van der Waals surface area contributed by atoms with Crippen LogP contribution >= 0.6 is 11.3 Å². The van der Waals surface area contributed by atoms with E-state index in [1.54, 1.807) is 7.11 Å². The Hall–Kier alpha value is -1.66. The first-order valence-electron chi connectivity index (χ1n) is 5.98. The highest BCUT2D eigenvalue weighted by Gasteiger charge is 2.09. The van der Waals surface area contributed by atoms with Crippen molar-refractivity contribution >= 4 is 11.3 Å². The Labute approximate surface area is 115 Å². The topological polar surface area (TPSA) is 67.0 Å². The number of nitrogens with zero attached hydrogens (tertiary/aromatic N) is 1. The fourth-order valence-electron chi connectivity index (χ4n) is 1.97. The van der Waals surface area contributed by atoms with Gasteiger partial charge in [0.25, 0.3) is 0 Å². The largest absolute Gasteiger partial charge is 0.496 e. The second-order valence-electron chi connectivity index (χ2n) is 4.32. The van der Waals surface area contributed by atoms with Crippen molar-refractivity contribution in [2.75, 3.05) is 7.11 Å². The minimum Gasteiger partial charge on any atom is -0.496 e. The van der Waals surface area contributed by atoms with Crippen molar-refractivity contribution in [3.8, 4) is 5.75 Å². The maximum Gasteiger partial charge on any atom is 0.304 e. The number of rotatable bonds is 5. The first-order valence-corrected chi connectivity index (χ1v) is 6.86. The number of aromatic nitrogens is 2. The average Bonchev–Trinajstić information content (AvgIpc) is 2.79. The van der Waals surface area contributed by atoms with E-state index in [4.69, 9.17) is 4.74 Å². The van der Waals surface area contributed by atoms with Gasteiger partial charge in [-0.3, -0.25) is 9.78 Å². The minimum absolute atomic E-state index is 0.0249. The number of ether oxygens (including phenoxy) is 1. The summed E-state index contributed by atoms with van der Waals surface area (Å²) in [7, 11) is 1.67. The average molecular weight is 279 g/mol. The molecule has 0 aromatic carbocycles. The van der Waals surface area contributed by atoms with Crippen molar-refractivity contribution in [3.63, 3.8) is 0 Å². The highest BCUT2D eigenvalue weighted by Crippen LogP contribution is 2.23. The third kappa shape index (κ3) is 3.21. The molecule has 0 radical (unpaired) electrons. The fourth-order valence-corrected chi connectivity index (χ4v) is 2.55. The quantitative estimate of drug-likeness (QED) is 0.875. The molecule has 5 nitrogen and oxygen atoms in total. The van der Waals surface area contributed by atoms with E-state index >= 15 is 0 Å². The monoisotopic (exact) mass is 279 g/mol. The van der Waals surface area contributed by atoms with Gasteiger partial charge in [0.2, 0.25) is 0 Å². The van der Waals surface area contributed by atoms with Crippen molar-refractivity contribution in [2.45, 2.75) is 26.9 Å². The second-order valence-corrected chi connectivity index (χ2v) is 5.17. The summed E-state index contributed by atoms with van der Waals surface area (Å²) >= 11 is 1.18. The van der Waals surface area contributed by atoms with Crippen LogP contribution in [0.3, 0.4) is 0 Å². The molecule has 0 aliphatic rings. The molecule has 19 heavy (non-hydrogen) atoms. The molecule has 0 spiro atoms. The normalized spacial score (nSPS) is 10.7. The van der Waals surface area contributed by atoms with Crippen LogP contribution in [-0.4, -0.2) is 17.1 Å².